The Morgan fingerprint density at radius 3 is 2.71 bits per heavy atom. The average Bonchev–Trinajstić information content (AvgIpc) is 2.89. The van der Waals surface area contributed by atoms with Crippen molar-refractivity contribution in [1.82, 2.24) is 4.98 Å². The summed E-state index contributed by atoms with van der Waals surface area (Å²) < 4.78 is 0. The fraction of sp³-hybridized carbons (Fsp3) is 0.545. The number of rotatable bonds is 4. The van der Waals surface area contributed by atoms with Gasteiger partial charge in [0, 0.05) is 18.0 Å². The van der Waals surface area contributed by atoms with Gasteiger partial charge < -0.3 is 10.4 Å². The second kappa shape index (κ2) is 4.83. The normalized spacial score (nSPS) is 17.9. The summed E-state index contributed by atoms with van der Waals surface area (Å²) in [6, 6.07) is 0. The monoisotopic (exact) mass is 254 g/mol. The first-order chi connectivity index (χ1) is 8.12. The van der Waals surface area contributed by atoms with E-state index in [2.05, 4.69) is 10.3 Å². The quantitative estimate of drug-likeness (QED) is 0.862. The van der Waals surface area contributed by atoms with Crippen molar-refractivity contribution in [2.75, 3.05) is 5.32 Å². The van der Waals surface area contributed by atoms with Gasteiger partial charge in [-0.15, -0.1) is 11.3 Å². The van der Waals surface area contributed by atoms with E-state index in [-0.39, 0.29) is 12.3 Å². The number of carbonyl (C=O) groups is 2. The average molecular weight is 254 g/mol. The van der Waals surface area contributed by atoms with Crippen LogP contribution in [0.1, 0.15) is 32.1 Å². The fourth-order valence-electron chi connectivity index (χ4n) is 2.27. The summed E-state index contributed by atoms with van der Waals surface area (Å²) in [6.45, 7) is 0. The van der Waals surface area contributed by atoms with E-state index in [1.165, 1.54) is 11.3 Å². The van der Waals surface area contributed by atoms with E-state index in [4.69, 9.17) is 0 Å². The van der Waals surface area contributed by atoms with Gasteiger partial charge in [0.2, 0.25) is 5.91 Å². The molecule has 0 spiro atoms. The highest BCUT2D eigenvalue weighted by atomic mass is 32.1. The van der Waals surface area contributed by atoms with Crippen molar-refractivity contribution in [3.8, 4) is 0 Å². The number of nitrogens with zero attached hydrogens (tertiary/aromatic N) is 1. The third-order valence-corrected chi connectivity index (χ3v) is 3.88. The number of hydrogen-bond donors (Lipinski definition) is 2. The van der Waals surface area contributed by atoms with Gasteiger partial charge in [-0.1, -0.05) is 12.8 Å². The molecule has 0 unspecified atom stereocenters. The number of hydrogen-bond acceptors (Lipinski definition) is 4. The van der Waals surface area contributed by atoms with E-state index in [9.17, 15) is 14.7 Å². The van der Waals surface area contributed by atoms with Gasteiger partial charge in [-0.2, -0.15) is 0 Å². The van der Waals surface area contributed by atoms with Gasteiger partial charge in [-0.25, -0.2) is 4.98 Å². The molecule has 1 amide bonds. The Morgan fingerprint density at radius 1 is 1.47 bits per heavy atom. The minimum Gasteiger partial charge on any atom is -0.481 e. The van der Waals surface area contributed by atoms with Crippen molar-refractivity contribution >= 4 is 28.3 Å². The number of carboxylic acids is 1. The number of aromatic nitrogens is 1. The first-order valence-corrected chi connectivity index (χ1v) is 6.43. The van der Waals surface area contributed by atoms with Crippen LogP contribution in [0.5, 0.6) is 0 Å². The summed E-state index contributed by atoms with van der Waals surface area (Å²) in [7, 11) is 0. The molecule has 17 heavy (non-hydrogen) atoms. The molecule has 1 saturated carbocycles. The van der Waals surface area contributed by atoms with Gasteiger partial charge in [-0.05, 0) is 12.8 Å². The second-order valence-electron chi connectivity index (χ2n) is 4.35. The third-order valence-electron chi connectivity index (χ3n) is 3.19. The third kappa shape index (κ3) is 2.63. The molecule has 0 aliphatic heterocycles. The van der Waals surface area contributed by atoms with Gasteiger partial charge in [0.1, 0.15) is 0 Å². The molecule has 0 saturated heterocycles. The molecular weight excluding hydrogens is 240 g/mol. The molecule has 0 atom stereocenters. The topological polar surface area (TPSA) is 79.3 Å². The zero-order valence-corrected chi connectivity index (χ0v) is 10.1. The van der Waals surface area contributed by atoms with Gasteiger partial charge in [0.05, 0.1) is 5.41 Å². The lowest BCUT2D eigenvalue weighted by Gasteiger charge is -2.22. The Bertz CT molecular complexity index is 410. The van der Waals surface area contributed by atoms with Crippen LogP contribution in [0.2, 0.25) is 0 Å². The van der Waals surface area contributed by atoms with Gasteiger partial charge in [0.25, 0.3) is 0 Å². The largest absolute Gasteiger partial charge is 0.481 e. The maximum absolute atomic E-state index is 11.8. The van der Waals surface area contributed by atoms with Crippen LogP contribution in [0.25, 0.3) is 0 Å². The number of carbonyl (C=O) groups excluding carboxylic acids is 1. The molecule has 6 heteroatoms. The highest BCUT2D eigenvalue weighted by Crippen LogP contribution is 2.41. The van der Waals surface area contributed by atoms with Crippen LogP contribution in [0, 0.1) is 5.41 Å². The van der Waals surface area contributed by atoms with Crippen LogP contribution in [-0.2, 0) is 9.59 Å². The lowest BCUT2D eigenvalue weighted by Crippen LogP contribution is -2.32. The van der Waals surface area contributed by atoms with Crippen LogP contribution < -0.4 is 5.32 Å². The summed E-state index contributed by atoms with van der Waals surface area (Å²) in [5.74, 6) is -1.12. The second-order valence-corrected chi connectivity index (χ2v) is 5.25. The number of nitrogens with one attached hydrogen (secondary N) is 1. The summed E-state index contributed by atoms with van der Waals surface area (Å²) in [5.41, 5.74) is -0.860. The Morgan fingerprint density at radius 2 is 2.18 bits per heavy atom. The molecule has 1 aromatic rings. The fourth-order valence-corrected chi connectivity index (χ4v) is 2.82. The minimum absolute atomic E-state index is 0.0436. The van der Waals surface area contributed by atoms with Gasteiger partial charge in [-0.3, -0.25) is 9.59 Å². The van der Waals surface area contributed by atoms with Crippen molar-refractivity contribution in [3.63, 3.8) is 0 Å². The predicted octanol–water partition coefficient (Wildman–Crippen LogP) is 2.12. The Balaban J connectivity index is 1.99. The number of carboxylic acid groups (broad SMARTS) is 1. The predicted molar refractivity (Wildman–Crippen MR) is 63.9 cm³/mol. The highest BCUT2D eigenvalue weighted by Gasteiger charge is 2.43. The van der Waals surface area contributed by atoms with Crippen LogP contribution in [0.4, 0.5) is 5.13 Å². The van der Waals surface area contributed by atoms with E-state index >= 15 is 0 Å². The SMILES string of the molecule is O=C(CC1(C(=O)O)CCCC1)Nc1nccs1. The van der Waals surface area contributed by atoms with E-state index in [1.807, 2.05) is 0 Å². The molecule has 1 heterocycles. The molecule has 1 aromatic heterocycles. The van der Waals surface area contributed by atoms with Crippen LogP contribution in [0.3, 0.4) is 0 Å². The lowest BCUT2D eigenvalue weighted by molar-refractivity contribution is -0.150. The van der Waals surface area contributed by atoms with E-state index < -0.39 is 11.4 Å². The van der Waals surface area contributed by atoms with E-state index in [1.54, 1.807) is 11.6 Å². The zero-order valence-electron chi connectivity index (χ0n) is 9.31. The molecule has 2 N–H and O–H groups in total. The molecule has 1 aliphatic rings. The molecule has 0 aromatic carbocycles. The smallest absolute Gasteiger partial charge is 0.310 e. The Hall–Kier alpha value is -1.43. The molecule has 0 radical (unpaired) electrons. The number of anilines is 1. The van der Waals surface area contributed by atoms with Crippen molar-refractivity contribution in [3.05, 3.63) is 11.6 Å². The molecule has 1 fully saturated rings. The molecule has 0 bridgehead atoms. The highest BCUT2D eigenvalue weighted by molar-refractivity contribution is 7.13. The maximum Gasteiger partial charge on any atom is 0.310 e. The number of amides is 1. The zero-order chi connectivity index (χ0) is 12.3. The van der Waals surface area contributed by atoms with Gasteiger partial charge >= 0.3 is 5.97 Å². The van der Waals surface area contributed by atoms with E-state index in [0.717, 1.165) is 12.8 Å². The summed E-state index contributed by atoms with van der Waals surface area (Å²) in [6.07, 6.45) is 4.60. The van der Waals surface area contributed by atoms with Crippen molar-refractivity contribution in [1.29, 1.82) is 0 Å². The minimum atomic E-state index is -0.860. The van der Waals surface area contributed by atoms with Crippen LogP contribution >= 0.6 is 11.3 Å². The lowest BCUT2D eigenvalue weighted by atomic mass is 9.82. The number of aliphatic carboxylic acids is 1. The summed E-state index contributed by atoms with van der Waals surface area (Å²) >= 11 is 1.33. The molecule has 2 rings (SSSR count). The molecule has 92 valence electrons. The Kier molecular flexibility index (Phi) is 3.42. The first-order valence-electron chi connectivity index (χ1n) is 5.55. The van der Waals surface area contributed by atoms with E-state index in [0.29, 0.717) is 18.0 Å². The standard InChI is InChI=1S/C11H14N2O3S/c14-8(13-10-12-5-6-17-10)7-11(9(15)16)3-1-2-4-11/h5-6H,1-4,7H2,(H,15,16)(H,12,13,14). The summed E-state index contributed by atoms with van der Waals surface area (Å²) in [5, 5.41) is 14.2. The molecule has 5 nitrogen and oxygen atoms in total. The van der Waals surface area contributed by atoms with Gasteiger partial charge in [0.15, 0.2) is 5.13 Å². The first kappa shape index (κ1) is 12.0. The number of thiazole rings is 1. The van der Waals surface area contributed by atoms with Crippen molar-refractivity contribution in [2.45, 2.75) is 32.1 Å². The Labute approximate surface area is 103 Å². The summed E-state index contributed by atoms with van der Waals surface area (Å²) in [4.78, 5) is 27.0. The molecular formula is C11H14N2O3S. The maximum atomic E-state index is 11.8. The van der Waals surface area contributed by atoms with Crippen LogP contribution in [0.15, 0.2) is 11.6 Å². The van der Waals surface area contributed by atoms with Crippen molar-refractivity contribution in [2.24, 2.45) is 5.41 Å². The van der Waals surface area contributed by atoms with Crippen molar-refractivity contribution < 1.29 is 14.7 Å². The molecule has 1 aliphatic carbocycles. The van der Waals surface area contributed by atoms with Crippen LogP contribution in [-0.4, -0.2) is 22.0 Å².